The van der Waals surface area contributed by atoms with Crippen LogP contribution in [0.25, 0.3) is 117 Å². The zero-order valence-corrected chi connectivity index (χ0v) is 36.7. The van der Waals surface area contributed by atoms with E-state index in [0.29, 0.717) is 5.82 Å². The highest BCUT2D eigenvalue weighted by Crippen LogP contribution is 2.41. The van der Waals surface area contributed by atoms with Gasteiger partial charge in [-0.2, -0.15) is 0 Å². The Balaban J connectivity index is 1.02. The van der Waals surface area contributed by atoms with E-state index in [1.165, 1.54) is 38.9 Å². The van der Waals surface area contributed by atoms with Crippen LogP contribution >= 0.6 is 0 Å². The molecule has 12 aromatic rings. The highest BCUT2D eigenvalue weighted by molar-refractivity contribution is 6.14. The molecule has 0 N–H and O–H groups in total. The minimum atomic E-state index is 0.666. The van der Waals surface area contributed by atoms with Crippen molar-refractivity contribution < 1.29 is 0 Å². The fourth-order valence-electron chi connectivity index (χ4n) is 9.49. The third kappa shape index (κ3) is 7.69. The van der Waals surface area contributed by atoms with Crippen molar-refractivity contribution in [1.82, 2.24) is 14.5 Å². The summed E-state index contributed by atoms with van der Waals surface area (Å²) in [4.78, 5) is 11.1. The molecular weight excluding hydrogens is 811 g/mol. The minimum absolute atomic E-state index is 0.666. The molecule has 10 aromatic carbocycles. The van der Waals surface area contributed by atoms with Crippen LogP contribution in [0, 0.1) is 0 Å². The van der Waals surface area contributed by atoms with Gasteiger partial charge < -0.3 is 0 Å². The van der Waals surface area contributed by atoms with Crippen molar-refractivity contribution in [2.45, 2.75) is 0 Å². The molecule has 12 rings (SSSR count). The van der Waals surface area contributed by atoms with Crippen molar-refractivity contribution in [3.05, 3.63) is 261 Å². The van der Waals surface area contributed by atoms with Crippen molar-refractivity contribution in [1.29, 1.82) is 0 Å². The minimum Gasteiger partial charge on any atom is -0.294 e. The predicted octanol–water partition coefficient (Wildman–Crippen LogP) is 16.9. The molecule has 0 bridgehead atoms. The van der Waals surface area contributed by atoms with Crippen molar-refractivity contribution in [2.75, 3.05) is 0 Å². The van der Waals surface area contributed by atoms with Crippen LogP contribution in [0.5, 0.6) is 0 Å². The standard InChI is InChI=1S/C64H43N3/c1-5-19-44(20-6-1)47-25-15-26-48(37-47)49-27-16-28-50(38-49)51-29-18-32-54(40-51)63-65-62(61-59-35-13-14-36-60(59)67(64(61)66-63)58-33-11-4-12-34-58)53-31-17-30-52(39-53)57-42-55(45-21-7-2-8-22-45)41-56(43-57)46-23-9-3-10-24-46/h1-43H. The fraction of sp³-hybridized carbons (Fsp3) is 0. The van der Waals surface area contributed by atoms with Crippen LogP contribution in [0.3, 0.4) is 0 Å². The van der Waals surface area contributed by atoms with Gasteiger partial charge in [0.05, 0.1) is 16.6 Å². The molecule has 67 heavy (non-hydrogen) atoms. The number of hydrogen-bond acceptors (Lipinski definition) is 2. The SMILES string of the molecule is c1ccc(-c2cccc(-c3cccc(-c4cccc(-c5nc(-c6cccc(-c7cc(-c8ccccc8)cc(-c8ccccc8)c7)c6)c6c7ccccc7n(-c7ccccc7)c6n5)c4)c3)c2)cc1. The maximum absolute atomic E-state index is 5.58. The van der Waals surface area contributed by atoms with E-state index in [2.05, 4.69) is 265 Å². The lowest BCUT2D eigenvalue weighted by Crippen LogP contribution is -1.99. The molecule has 0 fully saturated rings. The Kier molecular flexibility index (Phi) is 10.2. The van der Waals surface area contributed by atoms with Crippen molar-refractivity contribution in [3.63, 3.8) is 0 Å². The van der Waals surface area contributed by atoms with Gasteiger partial charge in [-0.05, 0) is 127 Å². The normalized spacial score (nSPS) is 11.3. The summed E-state index contributed by atoms with van der Waals surface area (Å²) in [6.07, 6.45) is 0. The third-order valence-corrected chi connectivity index (χ3v) is 12.8. The molecule has 0 unspecified atom stereocenters. The van der Waals surface area contributed by atoms with E-state index in [9.17, 15) is 0 Å². The van der Waals surface area contributed by atoms with Crippen LogP contribution in [-0.4, -0.2) is 14.5 Å². The highest BCUT2D eigenvalue weighted by atomic mass is 15.1. The molecule has 2 heterocycles. The molecule has 0 amide bonds. The molecule has 0 radical (unpaired) electrons. The summed E-state index contributed by atoms with van der Waals surface area (Å²) in [5.74, 6) is 0.666. The quantitative estimate of drug-likeness (QED) is 0.145. The van der Waals surface area contributed by atoms with E-state index in [-0.39, 0.29) is 0 Å². The molecule has 0 saturated heterocycles. The van der Waals surface area contributed by atoms with E-state index in [4.69, 9.17) is 9.97 Å². The van der Waals surface area contributed by atoms with Gasteiger partial charge >= 0.3 is 0 Å². The molecule has 0 atom stereocenters. The summed E-state index contributed by atoms with van der Waals surface area (Å²) in [5, 5.41) is 2.12. The summed E-state index contributed by atoms with van der Waals surface area (Å²) < 4.78 is 2.29. The van der Waals surface area contributed by atoms with Gasteiger partial charge in [-0.15, -0.1) is 0 Å². The topological polar surface area (TPSA) is 30.7 Å². The van der Waals surface area contributed by atoms with Gasteiger partial charge in [0, 0.05) is 22.2 Å². The number of para-hydroxylation sites is 2. The molecule has 0 aliphatic carbocycles. The van der Waals surface area contributed by atoms with Crippen LogP contribution in [0.15, 0.2) is 261 Å². The van der Waals surface area contributed by atoms with Crippen molar-refractivity contribution in [3.8, 4) is 95.1 Å². The van der Waals surface area contributed by atoms with Crippen LogP contribution in [0.4, 0.5) is 0 Å². The van der Waals surface area contributed by atoms with Crippen molar-refractivity contribution >= 4 is 21.9 Å². The summed E-state index contributed by atoms with van der Waals surface area (Å²) in [5.41, 5.74) is 19.8. The zero-order chi connectivity index (χ0) is 44.5. The number of fused-ring (bicyclic) bond motifs is 3. The average Bonchev–Trinajstić information content (AvgIpc) is 3.76. The van der Waals surface area contributed by atoms with E-state index in [1.807, 2.05) is 0 Å². The van der Waals surface area contributed by atoms with Gasteiger partial charge in [0.25, 0.3) is 0 Å². The van der Waals surface area contributed by atoms with Crippen LogP contribution < -0.4 is 0 Å². The Bertz CT molecular complexity index is 3670. The van der Waals surface area contributed by atoms with Gasteiger partial charge in [0.15, 0.2) is 5.82 Å². The number of nitrogens with zero attached hydrogens (tertiary/aromatic N) is 3. The Labute approximate surface area is 390 Å². The number of benzene rings is 10. The summed E-state index contributed by atoms with van der Waals surface area (Å²) >= 11 is 0. The molecular formula is C64H43N3. The predicted molar refractivity (Wildman–Crippen MR) is 280 cm³/mol. The van der Waals surface area contributed by atoms with Crippen molar-refractivity contribution in [2.24, 2.45) is 0 Å². The Morgan fingerprint density at radius 2 is 0.597 bits per heavy atom. The van der Waals surface area contributed by atoms with Gasteiger partial charge in [0.1, 0.15) is 5.65 Å². The first-order valence-electron chi connectivity index (χ1n) is 22.8. The molecule has 2 aromatic heterocycles. The summed E-state index contributed by atoms with van der Waals surface area (Å²) in [6.45, 7) is 0. The van der Waals surface area contributed by atoms with E-state index < -0.39 is 0 Å². The second-order valence-electron chi connectivity index (χ2n) is 17.0. The summed E-state index contributed by atoms with van der Waals surface area (Å²) in [7, 11) is 0. The van der Waals surface area contributed by atoms with Crippen LogP contribution in [0.1, 0.15) is 0 Å². The molecule has 3 nitrogen and oxygen atoms in total. The maximum Gasteiger partial charge on any atom is 0.162 e. The molecule has 0 aliphatic rings. The first-order chi connectivity index (χ1) is 33.2. The molecule has 0 aliphatic heterocycles. The van der Waals surface area contributed by atoms with Crippen LogP contribution in [-0.2, 0) is 0 Å². The first-order valence-corrected chi connectivity index (χ1v) is 22.8. The Morgan fingerprint density at radius 3 is 1.13 bits per heavy atom. The van der Waals surface area contributed by atoms with Gasteiger partial charge in [-0.3, -0.25) is 4.57 Å². The molecule has 0 saturated carbocycles. The smallest absolute Gasteiger partial charge is 0.162 e. The second-order valence-corrected chi connectivity index (χ2v) is 17.0. The molecule has 3 heteroatoms. The lowest BCUT2D eigenvalue weighted by molar-refractivity contribution is 1.11. The lowest BCUT2D eigenvalue weighted by atomic mass is 9.92. The number of rotatable bonds is 9. The molecule has 0 spiro atoms. The Hall–Kier alpha value is -8.92. The van der Waals surface area contributed by atoms with Gasteiger partial charge in [0.2, 0.25) is 0 Å². The number of aromatic nitrogens is 3. The number of hydrogen-bond donors (Lipinski definition) is 0. The first kappa shape index (κ1) is 39.7. The van der Waals surface area contributed by atoms with E-state index in [1.54, 1.807) is 0 Å². The largest absolute Gasteiger partial charge is 0.294 e. The second kappa shape index (κ2) is 17.2. The van der Waals surface area contributed by atoms with Gasteiger partial charge in [-0.1, -0.05) is 200 Å². The van der Waals surface area contributed by atoms with E-state index >= 15 is 0 Å². The zero-order valence-electron chi connectivity index (χ0n) is 36.7. The average molecular weight is 854 g/mol. The Morgan fingerprint density at radius 1 is 0.254 bits per heavy atom. The molecule has 314 valence electrons. The van der Waals surface area contributed by atoms with E-state index in [0.717, 1.165) is 72.3 Å². The fourth-order valence-corrected chi connectivity index (χ4v) is 9.49. The third-order valence-electron chi connectivity index (χ3n) is 12.8. The monoisotopic (exact) mass is 853 g/mol. The van der Waals surface area contributed by atoms with Crippen LogP contribution in [0.2, 0.25) is 0 Å². The summed E-state index contributed by atoms with van der Waals surface area (Å²) in [6, 6.07) is 93.1. The highest BCUT2D eigenvalue weighted by Gasteiger charge is 2.22. The lowest BCUT2D eigenvalue weighted by Gasteiger charge is -2.14. The maximum atomic E-state index is 5.58. The van der Waals surface area contributed by atoms with Gasteiger partial charge in [-0.25, -0.2) is 9.97 Å².